The molecule has 0 atom stereocenters. The Morgan fingerprint density at radius 2 is 1.95 bits per heavy atom. The molecule has 1 fully saturated rings. The minimum Gasteiger partial charge on any atom is -0.467 e. The minimum absolute atomic E-state index is 0.132. The molecule has 2 N–H and O–H groups in total. The fourth-order valence-electron chi connectivity index (χ4n) is 2.63. The Labute approximate surface area is 132 Å². The summed E-state index contributed by atoms with van der Waals surface area (Å²) in [6.45, 7) is 10.4. The Morgan fingerprint density at radius 3 is 2.64 bits per heavy atom. The summed E-state index contributed by atoms with van der Waals surface area (Å²) < 4.78 is 5.16. The maximum Gasteiger partial charge on any atom is 0.315 e. The maximum absolute atomic E-state index is 11.6. The molecule has 0 bridgehead atoms. The lowest BCUT2D eigenvalue weighted by Crippen LogP contribution is -2.46. The summed E-state index contributed by atoms with van der Waals surface area (Å²) in [5.74, 6) is 0.765. The van der Waals surface area contributed by atoms with Crippen molar-refractivity contribution < 1.29 is 9.21 Å². The molecule has 124 valence electrons. The van der Waals surface area contributed by atoms with Crippen molar-refractivity contribution in [2.24, 2.45) is 0 Å². The zero-order chi connectivity index (χ0) is 15.6. The van der Waals surface area contributed by atoms with Gasteiger partial charge in [-0.3, -0.25) is 0 Å². The van der Waals surface area contributed by atoms with E-state index in [1.807, 2.05) is 12.1 Å². The number of likely N-dealkylation sites (N-methyl/N-ethyl adjacent to an activating group) is 1. The van der Waals surface area contributed by atoms with E-state index in [0.29, 0.717) is 6.54 Å². The van der Waals surface area contributed by atoms with Gasteiger partial charge >= 0.3 is 6.03 Å². The predicted molar refractivity (Wildman–Crippen MR) is 86.7 cm³/mol. The van der Waals surface area contributed by atoms with E-state index in [0.717, 1.165) is 38.2 Å². The van der Waals surface area contributed by atoms with Crippen LogP contribution in [0.3, 0.4) is 0 Å². The Bertz CT molecular complexity index is 414. The van der Waals surface area contributed by atoms with Crippen LogP contribution in [0.25, 0.3) is 0 Å². The van der Waals surface area contributed by atoms with Gasteiger partial charge in [-0.05, 0) is 38.1 Å². The Morgan fingerprint density at radius 1 is 1.18 bits per heavy atom. The van der Waals surface area contributed by atoms with E-state index in [1.165, 1.54) is 26.2 Å². The maximum atomic E-state index is 11.6. The Hall–Kier alpha value is -1.53. The van der Waals surface area contributed by atoms with Crippen LogP contribution in [-0.4, -0.2) is 61.6 Å². The van der Waals surface area contributed by atoms with Crippen LogP contribution in [-0.2, 0) is 6.54 Å². The van der Waals surface area contributed by atoms with Crippen molar-refractivity contribution in [3.63, 3.8) is 0 Å². The SMILES string of the molecule is CCN1CCN(CCCCNC(=O)NCc2ccco2)CC1. The van der Waals surface area contributed by atoms with E-state index in [4.69, 9.17) is 4.42 Å². The molecule has 1 aromatic rings. The Kier molecular flexibility index (Phi) is 7.25. The van der Waals surface area contributed by atoms with Gasteiger partial charge in [0.15, 0.2) is 0 Å². The van der Waals surface area contributed by atoms with Crippen LogP contribution in [0.15, 0.2) is 22.8 Å². The highest BCUT2D eigenvalue weighted by atomic mass is 16.3. The number of urea groups is 1. The molecular formula is C16H28N4O2. The summed E-state index contributed by atoms with van der Waals surface area (Å²) in [5.41, 5.74) is 0. The van der Waals surface area contributed by atoms with E-state index in [1.54, 1.807) is 6.26 Å². The number of amides is 2. The molecule has 2 amide bonds. The molecule has 0 aliphatic carbocycles. The summed E-state index contributed by atoms with van der Waals surface area (Å²) in [4.78, 5) is 16.6. The number of carbonyl (C=O) groups excluding carboxylic acids is 1. The fraction of sp³-hybridized carbons (Fsp3) is 0.688. The molecule has 22 heavy (non-hydrogen) atoms. The highest BCUT2D eigenvalue weighted by Gasteiger charge is 2.14. The summed E-state index contributed by atoms with van der Waals surface area (Å²) in [6, 6.07) is 3.53. The molecule has 2 heterocycles. The van der Waals surface area contributed by atoms with Gasteiger partial charge in [-0.2, -0.15) is 0 Å². The first kappa shape index (κ1) is 16.8. The van der Waals surface area contributed by atoms with E-state index in [-0.39, 0.29) is 6.03 Å². The molecule has 1 aliphatic rings. The second-order valence-corrected chi connectivity index (χ2v) is 5.67. The number of hydrogen-bond donors (Lipinski definition) is 2. The molecule has 1 saturated heterocycles. The van der Waals surface area contributed by atoms with Crippen molar-refractivity contribution in [1.82, 2.24) is 20.4 Å². The number of carbonyl (C=O) groups is 1. The van der Waals surface area contributed by atoms with Gasteiger partial charge in [-0.15, -0.1) is 0 Å². The highest BCUT2D eigenvalue weighted by Crippen LogP contribution is 2.03. The fourth-order valence-corrected chi connectivity index (χ4v) is 2.63. The summed E-state index contributed by atoms with van der Waals surface area (Å²) in [7, 11) is 0. The number of furan rings is 1. The molecular weight excluding hydrogens is 280 g/mol. The normalized spacial score (nSPS) is 16.6. The zero-order valence-corrected chi connectivity index (χ0v) is 13.5. The standard InChI is InChI=1S/C16H28N4O2/c1-2-19-9-11-20(12-10-19)8-4-3-7-17-16(21)18-14-15-6-5-13-22-15/h5-6,13H,2-4,7-12,14H2,1H3,(H2,17,18,21). The highest BCUT2D eigenvalue weighted by molar-refractivity contribution is 5.73. The first-order valence-electron chi connectivity index (χ1n) is 8.26. The third-order valence-corrected chi connectivity index (χ3v) is 4.10. The molecule has 0 unspecified atom stereocenters. The monoisotopic (exact) mass is 308 g/mol. The van der Waals surface area contributed by atoms with Gasteiger partial charge in [0.1, 0.15) is 5.76 Å². The number of nitrogens with one attached hydrogen (secondary N) is 2. The lowest BCUT2D eigenvalue weighted by Gasteiger charge is -2.33. The number of unbranched alkanes of at least 4 members (excludes halogenated alkanes) is 1. The average molecular weight is 308 g/mol. The number of nitrogens with zero attached hydrogens (tertiary/aromatic N) is 2. The minimum atomic E-state index is -0.132. The number of rotatable bonds is 8. The van der Waals surface area contributed by atoms with E-state index >= 15 is 0 Å². The van der Waals surface area contributed by atoms with E-state index in [2.05, 4.69) is 27.4 Å². The molecule has 0 spiro atoms. The van der Waals surface area contributed by atoms with Crippen molar-refractivity contribution in [1.29, 1.82) is 0 Å². The second kappa shape index (κ2) is 9.48. The van der Waals surface area contributed by atoms with E-state index < -0.39 is 0 Å². The summed E-state index contributed by atoms with van der Waals surface area (Å²) >= 11 is 0. The zero-order valence-electron chi connectivity index (χ0n) is 13.5. The topological polar surface area (TPSA) is 60.8 Å². The van der Waals surface area contributed by atoms with Gasteiger partial charge < -0.3 is 24.9 Å². The molecule has 1 aromatic heterocycles. The van der Waals surface area contributed by atoms with Gasteiger partial charge in [-0.25, -0.2) is 4.79 Å². The third-order valence-electron chi connectivity index (χ3n) is 4.10. The van der Waals surface area contributed by atoms with Gasteiger partial charge in [0, 0.05) is 32.7 Å². The lowest BCUT2D eigenvalue weighted by atomic mass is 10.2. The van der Waals surface area contributed by atoms with Gasteiger partial charge in [0.05, 0.1) is 12.8 Å². The quantitative estimate of drug-likeness (QED) is 0.715. The predicted octanol–water partition coefficient (Wildman–Crippen LogP) is 1.50. The van der Waals surface area contributed by atoms with Gasteiger partial charge in [-0.1, -0.05) is 6.92 Å². The largest absolute Gasteiger partial charge is 0.467 e. The van der Waals surface area contributed by atoms with Crippen LogP contribution in [0.2, 0.25) is 0 Å². The number of hydrogen-bond acceptors (Lipinski definition) is 4. The molecule has 0 saturated carbocycles. The van der Waals surface area contributed by atoms with Crippen LogP contribution < -0.4 is 10.6 Å². The van der Waals surface area contributed by atoms with E-state index in [9.17, 15) is 4.79 Å². The molecule has 1 aliphatic heterocycles. The van der Waals surface area contributed by atoms with Crippen molar-refractivity contribution in [2.45, 2.75) is 26.3 Å². The second-order valence-electron chi connectivity index (χ2n) is 5.67. The van der Waals surface area contributed by atoms with Crippen LogP contribution in [0.5, 0.6) is 0 Å². The van der Waals surface area contributed by atoms with Crippen LogP contribution in [0.1, 0.15) is 25.5 Å². The average Bonchev–Trinajstić information content (AvgIpc) is 3.06. The smallest absolute Gasteiger partial charge is 0.315 e. The van der Waals surface area contributed by atoms with Crippen molar-refractivity contribution in [3.8, 4) is 0 Å². The van der Waals surface area contributed by atoms with Gasteiger partial charge in [0.2, 0.25) is 0 Å². The molecule has 2 rings (SSSR count). The first-order chi connectivity index (χ1) is 10.8. The lowest BCUT2D eigenvalue weighted by molar-refractivity contribution is 0.135. The van der Waals surface area contributed by atoms with Crippen LogP contribution in [0, 0.1) is 0 Å². The molecule has 0 aromatic carbocycles. The van der Waals surface area contributed by atoms with Crippen LogP contribution in [0.4, 0.5) is 4.79 Å². The molecule has 0 radical (unpaired) electrons. The van der Waals surface area contributed by atoms with Crippen LogP contribution >= 0.6 is 0 Å². The van der Waals surface area contributed by atoms with Crippen molar-refractivity contribution in [3.05, 3.63) is 24.2 Å². The number of piperazine rings is 1. The molecule has 6 nitrogen and oxygen atoms in total. The van der Waals surface area contributed by atoms with Gasteiger partial charge in [0.25, 0.3) is 0 Å². The van der Waals surface area contributed by atoms with Crippen molar-refractivity contribution in [2.75, 3.05) is 45.8 Å². The Balaban J connectivity index is 1.44. The first-order valence-corrected chi connectivity index (χ1v) is 8.26. The molecule has 6 heteroatoms. The summed E-state index contributed by atoms with van der Waals surface area (Å²) in [6.07, 6.45) is 3.75. The third kappa shape index (κ3) is 6.07. The van der Waals surface area contributed by atoms with Crippen molar-refractivity contribution >= 4 is 6.03 Å². The summed E-state index contributed by atoms with van der Waals surface area (Å²) in [5, 5.41) is 5.66.